The van der Waals surface area contributed by atoms with E-state index in [4.69, 9.17) is 10.5 Å². The highest BCUT2D eigenvalue weighted by molar-refractivity contribution is 4.72. The van der Waals surface area contributed by atoms with Crippen LogP contribution in [-0.2, 0) is 4.74 Å². The van der Waals surface area contributed by atoms with E-state index >= 15 is 0 Å². The van der Waals surface area contributed by atoms with E-state index < -0.39 is 0 Å². The maximum Gasteiger partial charge on any atom is 0.0697 e. The third kappa shape index (κ3) is 1.20. The molecule has 2 atom stereocenters. The first-order chi connectivity index (χ1) is 3.80. The van der Waals surface area contributed by atoms with E-state index in [0.29, 0.717) is 0 Å². The van der Waals surface area contributed by atoms with Crippen LogP contribution in [0.3, 0.4) is 0 Å². The summed E-state index contributed by atoms with van der Waals surface area (Å²) >= 11 is 0. The molecular weight excluding hydrogens is 102 g/mol. The fraction of sp³-hybridized carbons (Fsp3) is 1.00. The van der Waals surface area contributed by atoms with Crippen molar-refractivity contribution in [2.75, 3.05) is 6.61 Å². The Morgan fingerprint density at radius 3 is 2.75 bits per heavy atom. The minimum atomic E-state index is 0.281. The van der Waals surface area contributed by atoms with Gasteiger partial charge in [0.25, 0.3) is 0 Å². The van der Waals surface area contributed by atoms with Gasteiger partial charge in [-0.3, -0.25) is 0 Å². The van der Waals surface area contributed by atoms with Crippen molar-refractivity contribution in [3.63, 3.8) is 0 Å². The highest BCUT2D eigenvalue weighted by Crippen LogP contribution is 2.10. The molecule has 0 spiro atoms. The minimum absolute atomic E-state index is 0.281. The lowest BCUT2D eigenvalue weighted by Gasteiger charge is -2.25. The van der Waals surface area contributed by atoms with Crippen LogP contribution in [0.5, 0.6) is 0 Å². The van der Waals surface area contributed by atoms with Crippen LogP contribution in [0.1, 0.15) is 19.8 Å². The summed E-state index contributed by atoms with van der Waals surface area (Å²) in [6.45, 7) is 2.93. The Labute approximate surface area is 50.0 Å². The first-order valence-corrected chi connectivity index (χ1v) is 3.18. The van der Waals surface area contributed by atoms with Crippen molar-refractivity contribution in [3.8, 4) is 0 Å². The topological polar surface area (TPSA) is 35.2 Å². The normalized spacial score (nSPS) is 39.8. The average molecular weight is 115 g/mol. The van der Waals surface area contributed by atoms with E-state index in [2.05, 4.69) is 0 Å². The zero-order valence-corrected chi connectivity index (χ0v) is 5.26. The highest BCUT2D eigenvalue weighted by atomic mass is 16.5. The van der Waals surface area contributed by atoms with Gasteiger partial charge in [0.2, 0.25) is 0 Å². The zero-order chi connectivity index (χ0) is 5.98. The van der Waals surface area contributed by atoms with E-state index in [1.54, 1.807) is 0 Å². The van der Waals surface area contributed by atoms with Gasteiger partial charge in [0.05, 0.1) is 6.10 Å². The van der Waals surface area contributed by atoms with Gasteiger partial charge in [-0.2, -0.15) is 0 Å². The SMILES string of the molecule is C[C@H]1OCCCC1N. The number of nitrogens with two attached hydrogens (primary N) is 1. The molecule has 0 bridgehead atoms. The second kappa shape index (κ2) is 2.46. The molecule has 0 radical (unpaired) electrons. The first-order valence-electron chi connectivity index (χ1n) is 3.18. The van der Waals surface area contributed by atoms with Gasteiger partial charge in [-0.15, -0.1) is 0 Å². The van der Waals surface area contributed by atoms with Crippen LogP contribution in [0.25, 0.3) is 0 Å². The molecule has 1 unspecified atom stereocenters. The van der Waals surface area contributed by atoms with E-state index in [-0.39, 0.29) is 12.1 Å². The molecule has 1 aliphatic heterocycles. The fourth-order valence-corrected chi connectivity index (χ4v) is 0.947. The van der Waals surface area contributed by atoms with Crippen LogP contribution in [0.2, 0.25) is 0 Å². The largest absolute Gasteiger partial charge is 0.377 e. The van der Waals surface area contributed by atoms with Crippen molar-refractivity contribution in [1.29, 1.82) is 0 Å². The molecule has 1 heterocycles. The van der Waals surface area contributed by atoms with Gasteiger partial charge in [0.15, 0.2) is 0 Å². The van der Waals surface area contributed by atoms with Crippen molar-refractivity contribution >= 4 is 0 Å². The number of ether oxygens (including phenoxy) is 1. The van der Waals surface area contributed by atoms with Gasteiger partial charge in [0.1, 0.15) is 0 Å². The summed E-state index contributed by atoms with van der Waals surface area (Å²) in [6.07, 6.45) is 2.54. The average Bonchev–Trinajstić information content (AvgIpc) is 1.77. The molecule has 0 aromatic carbocycles. The van der Waals surface area contributed by atoms with E-state index in [9.17, 15) is 0 Å². The molecule has 1 fully saturated rings. The summed E-state index contributed by atoms with van der Waals surface area (Å²) in [5, 5.41) is 0. The summed E-state index contributed by atoms with van der Waals surface area (Å²) in [6, 6.07) is 0.281. The van der Waals surface area contributed by atoms with Gasteiger partial charge >= 0.3 is 0 Å². The summed E-state index contributed by atoms with van der Waals surface area (Å²) in [5.74, 6) is 0. The Kier molecular flexibility index (Phi) is 1.86. The van der Waals surface area contributed by atoms with Gasteiger partial charge in [-0.1, -0.05) is 0 Å². The standard InChI is InChI=1S/C6H13NO/c1-5-6(7)3-2-4-8-5/h5-6H,2-4,7H2,1H3/t5-,6?/m1/s1. The Morgan fingerprint density at radius 2 is 2.38 bits per heavy atom. The third-order valence-corrected chi connectivity index (χ3v) is 1.67. The van der Waals surface area contributed by atoms with E-state index in [1.165, 1.54) is 0 Å². The molecule has 0 aromatic heterocycles. The molecular formula is C6H13NO. The molecule has 1 saturated heterocycles. The van der Waals surface area contributed by atoms with Crippen LogP contribution >= 0.6 is 0 Å². The predicted molar refractivity (Wildman–Crippen MR) is 32.6 cm³/mol. The summed E-state index contributed by atoms with van der Waals surface area (Å²) in [5.41, 5.74) is 5.65. The van der Waals surface area contributed by atoms with Crippen LogP contribution in [-0.4, -0.2) is 18.8 Å². The molecule has 2 N–H and O–H groups in total. The van der Waals surface area contributed by atoms with Gasteiger partial charge in [0, 0.05) is 12.6 Å². The first kappa shape index (κ1) is 6.05. The van der Waals surface area contributed by atoms with Crippen LogP contribution in [0, 0.1) is 0 Å². The maximum absolute atomic E-state index is 5.65. The monoisotopic (exact) mass is 115 g/mol. The third-order valence-electron chi connectivity index (χ3n) is 1.67. The molecule has 1 rings (SSSR count). The summed E-state index contributed by atoms with van der Waals surface area (Å²) in [4.78, 5) is 0. The second-order valence-electron chi connectivity index (χ2n) is 2.38. The van der Waals surface area contributed by atoms with Gasteiger partial charge in [-0.05, 0) is 19.8 Å². The Balaban J connectivity index is 2.28. The molecule has 0 saturated carbocycles. The lowest BCUT2D eigenvalue weighted by Crippen LogP contribution is -2.38. The zero-order valence-electron chi connectivity index (χ0n) is 5.26. The minimum Gasteiger partial charge on any atom is -0.377 e. The maximum atomic E-state index is 5.65. The molecule has 0 aliphatic carbocycles. The van der Waals surface area contributed by atoms with E-state index in [1.807, 2.05) is 6.92 Å². The number of rotatable bonds is 0. The molecule has 0 aromatic rings. The van der Waals surface area contributed by atoms with Crippen LogP contribution in [0.15, 0.2) is 0 Å². The molecule has 48 valence electrons. The number of hydrogen-bond acceptors (Lipinski definition) is 2. The molecule has 2 heteroatoms. The smallest absolute Gasteiger partial charge is 0.0697 e. The summed E-state index contributed by atoms with van der Waals surface area (Å²) < 4.78 is 5.27. The molecule has 8 heavy (non-hydrogen) atoms. The Bertz CT molecular complexity index is 64.9. The van der Waals surface area contributed by atoms with Crippen LogP contribution < -0.4 is 5.73 Å². The lowest BCUT2D eigenvalue weighted by molar-refractivity contribution is 0.0138. The second-order valence-corrected chi connectivity index (χ2v) is 2.38. The predicted octanol–water partition coefficient (Wildman–Crippen LogP) is 0.513. The van der Waals surface area contributed by atoms with Crippen molar-refractivity contribution in [3.05, 3.63) is 0 Å². The lowest BCUT2D eigenvalue weighted by atomic mass is 10.1. The van der Waals surface area contributed by atoms with Crippen molar-refractivity contribution in [2.24, 2.45) is 5.73 Å². The molecule has 2 nitrogen and oxygen atoms in total. The van der Waals surface area contributed by atoms with Gasteiger partial charge < -0.3 is 10.5 Å². The highest BCUT2D eigenvalue weighted by Gasteiger charge is 2.16. The van der Waals surface area contributed by atoms with Crippen molar-refractivity contribution < 1.29 is 4.74 Å². The Morgan fingerprint density at radius 1 is 1.62 bits per heavy atom. The quantitative estimate of drug-likeness (QED) is 0.499. The van der Waals surface area contributed by atoms with E-state index in [0.717, 1.165) is 19.4 Å². The van der Waals surface area contributed by atoms with Gasteiger partial charge in [-0.25, -0.2) is 0 Å². The van der Waals surface area contributed by atoms with Crippen molar-refractivity contribution in [2.45, 2.75) is 31.9 Å². The Hall–Kier alpha value is -0.0800. The van der Waals surface area contributed by atoms with Crippen molar-refractivity contribution in [1.82, 2.24) is 0 Å². The number of hydrogen-bond donors (Lipinski definition) is 1. The van der Waals surface area contributed by atoms with Crippen LogP contribution in [0.4, 0.5) is 0 Å². The molecule has 0 amide bonds. The fourth-order valence-electron chi connectivity index (χ4n) is 0.947. The summed E-state index contributed by atoms with van der Waals surface area (Å²) in [7, 11) is 0. The molecule has 1 aliphatic rings.